The lowest BCUT2D eigenvalue weighted by Crippen LogP contribution is -2.56. The van der Waals surface area contributed by atoms with Crippen LogP contribution in [-0.2, 0) is 9.53 Å². The molecule has 168 valence electrons. The number of nitrogens with zero attached hydrogens (tertiary/aromatic N) is 2. The summed E-state index contributed by atoms with van der Waals surface area (Å²) >= 11 is 0. The van der Waals surface area contributed by atoms with E-state index in [0.29, 0.717) is 44.7 Å². The number of halogens is 3. The molecule has 0 radical (unpaired) electrons. The molecular weight excluding hydrogens is 399 g/mol. The third kappa shape index (κ3) is 7.95. The van der Waals surface area contributed by atoms with Crippen LogP contribution in [0.5, 0.6) is 0 Å². The molecule has 0 bridgehead atoms. The van der Waals surface area contributed by atoms with Gasteiger partial charge < -0.3 is 15.0 Å². The second kappa shape index (κ2) is 11.3. The zero-order valence-electron chi connectivity index (χ0n) is 17.5. The van der Waals surface area contributed by atoms with Gasteiger partial charge >= 0.3 is 6.18 Å². The van der Waals surface area contributed by atoms with E-state index in [0.717, 1.165) is 0 Å². The minimum absolute atomic E-state index is 0.0552. The van der Waals surface area contributed by atoms with Gasteiger partial charge in [0.2, 0.25) is 5.91 Å². The number of carbonyl (C=O) groups excluding carboxylic acids is 2. The van der Waals surface area contributed by atoms with E-state index >= 15 is 0 Å². The zero-order chi connectivity index (χ0) is 22.1. The summed E-state index contributed by atoms with van der Waals surface area (Å²) in [6, 6.07) is 8.16. The van der Waals surface area contributed by atoms with Gasteiger partial charge in [0, 0.05) is 44.9 Å². The maximum absolute atomic E-state index is 13.0. The van der Waals surface area contributed by atoms with Gasteiger partial charge in [-0.25, -0.2) is 0 Å². The molecule has 0 saturated carbocycles. The topological polar surface area (TPSA) is 61.9 Å². The highest BCUT2D eigenvalue weighted by Gasteiger charge is 2.31. The van der Waals surface area contributed by atoms with Crippen LogP contribution >= 0.6 is 0 Å². The summed E-state index contributed by atoms with van der Waals surface area (Å²) in [6.07, 6.45) is -3.79. The quantitative estimate of drug-likeness (QED) is 0.613. The molecule has 1 aliphatic rings. The molecule has 0 spiro atoms. The molecule has 1 saturated heterocycles. The number of ether oxygens (including phenoxy) is 1. The van der Waals surface area contributed by atoms with Gasteiger partial charge in [0.25, 0.3) is 5.91 Å². The van der Waals surface area contributed by atoms with E-state index in [-0.39, 0.29) is 24.3 Å². The number of carbonyl (C=O) groups is 2. The Morgan fingerprint density at radius 1 is 1.10 bits per heavy atom. The second-order valence-electron chi connectivity index (χ2n) is 7.75. The van der Waals surface area contributed by atoms with E-state index in [1.54, 1.807) is 29.2 Å². The molecule has 9 heteroatoms. The average molecular weight is 429 g/mol. The van der Waals surface area contributed by atoms with Crippen LogP contribution in [0.15, 0.2) is 30.3 Å². The van der Waals surface area contributed by atoms with Crippen LogP contribution in [-0.4, -0.2) is 79.8 Å². The highest BCUT2D eigenvalue weighted by molar-refractivity contribution is 5.97. The number of hydrogen-bond acceptors (Lipinski definition) is 4. The van der Waals surface area contributed by atoms with Crippen molar-refractivity contribution in [3.05, 3.63) is 35.9 Å². The van der Waals surface area contributed by atoms with Crippen LogP contribution in [0.3, 0.4) is 0 Å². The maximum Gasteiger partial charge on any atom is 0.411 e. The number of amides is 2. The molecule has 1 aliphatic heterocycles. The lowest BCUT2D eigenvalue weighted by atomic mass is 10.0. The highest BCUT2D eigenvalue weighted by Crippen LogP contribution is 2.15. The summed E-state index contributed by atoms with van der Waals surface area (Å²) in [7, 11) is 0. The number of piperazine rings is 1. The normalized spacial score (nSPS) is 16.5. The van der Waals surface area contributed by atoms with Crippen molar-refractivity contribution in [3.63, 3.8) is 0 Å². The minimum Gasteiger partial charge on any atom is -0.372 e. The van der Waals surface area contributed by atoms with Gasteiger partial charge in [-0.05, 0) is 24.5 Å². The SMILES string of the molecule is CC(C)C(NC(=O)c1ccccc1)C(=O)N1CCN(CCCOCC(F)(F)F)CC1. The molecule has 30 heavy (non-hydrogen) atoms. The standard InChI is InChI=1S/C21H30F3N3O3/c1-16(2)18(25-19(28)17-7-4-3-5-8-17)20(29)27-12-10-26(11-13-27)9-6-14-30-15-21(22,23)24/h3-5,7-8,16,18H,6,9-15H2,1-2H3,(H,25,28). The smallest absolute Gasteiger partial charge is 0.372 e. The van der Waals surface area contributed by atoms with Crippen molar-refractivity contribution in [2.24, 2.45) is 5.92 Å². The van der Waals surface area contributed by atoms with E-state index in [1.165, 1.54) is 0 Å². The molecule has 2 amide bonds. The Morgan fingerprint density at radius 2 is 1.73 bits per heavy atom. The van der Waals surface area contributed by atoms with E-state index < -0.39 is 18.8 Å². The molecule has 1 aromatic rings. The van der Waals surface area contributed by atoms with Crippen molar-refractivity contribution in [3.8, 4) is 0 Å². The Morgan fingerprint density at radius 3 is 2.30 bits per heavy atom. The van der Waals surface area contributed by atoms with Gasteiger partial charge in [-0.3, -0.25) is 14.5 Å². The average Bonchev–Trinajstić information content (AvgIpc) is 2.71. The molecule has 6 nitrogen and oxygen atoms in total. The largest absolute Gasteiger partial charge is 0.411 e. The van der Waals surface area contributed by atoms with Gasteiger partial charge in [0.1, 0.15) is 12.6 Å². The molecule has 1 unspecified atom stereocenters. The van der Waals surface area contributed by atoms with Crippen molar-refractivity contribution in [2.45, 2.75) is 32.5 Å². The van der Waals surface area contributed by atoms with E-state index in [4.69, 9.17) is 0 Å². The Kier molecular flexibility index (Phi) is 9.10. The molecule has 1 aromatic carbocycles. The molecule has 2 rings (SSSR count). The summed E-state index contributed by atoms with van der Waals surface area (Å²) in [5, 5.41) is 2.85. The molecule has 1 atom stereocenters. The van der Waals surface area contributed by atoms with E-state index in [1.807, 2.05) is 19.9 Å². The first-order chi connectivity index (χ1) is 14.2. The van der Waals surface area contributed by atoms with Crippen LogP contribution in [0, 0.1) is 5.92 Å². The fourth-order valence-electron chi connectivity index (χ4n) is 3.29. The van der Waals surface area contributed by atoms with Crippen molar-refractivity contribution in [2.75, 3.05) is 45.9 Å². The number of rotatable bonds is 9. The monoisotopic (exact) mass is 429 g/mol. The maximum atomic E-state index is 13.0. The molecular formula is C21H30F3N3O3. The zero-order valence-corrected chi connectivity index (χ0v) is 17.5. The van der Waals surface area contributed by atoms with Crippen LogP contribution in [0.1, 0.15) is 30.6 Å². The first kappa shape index (κ1) is 24.1. The third-order valence-corrected chi connectivity index (χ3v) is 4.97. The Hall–Kier alpha value is -2.13. The highest BCUT2D eigenvalue weighted by atomic mass is 19.4. The second-order valence-corrected chi connectivity index (χ2v) is 7.75. The lowest BCUT2D eigenvalue weighted by molar-refractivity contribution is -0.174. The van der Waals surface area contributed by atoms with Crippen molar-refractivity contribution < 1.29 is 27.5 Å². The molecule has 1 heterocycles. The first-order valence-corrected chi connectivity index (χ1v) is 10.2. The van der Waals surface area contributed by atoms with Crippen LogP contribution in [0.25, 0.3) is 0 Å². The van der Waals surface area contributed by atoms with E-state index in [9.17, 15) is 22.8 Å². The summed E-state index contributed by atoms with van der Waals surface area (Å²) in [6.45, 7) is 5.57. The molecule has 0 aliphatic carbocycles. The Labute approximate surface area is 175 Å². The predicted octanol–water partition coefficient (Wildman–Crippen LogP) is 2.55. The van der Waals surface area contributed by atoms with Crippen LogP contribution < -0.4 is 5.32 Å². The van der Waals surface area contributed by atoms with Crippen molar-refractivity contribution >= 4 is 11.8 Å². The minimum atomic E-state index is -4.30. The van der Waals surface area contributed by atoms with Crippen LogP contribution in [0.2, 0.25) is 0 Å². The van der Waals surface area contributed by atoms with Crippen molar-refractivity contribution in [1.82, 2.24) is 15.1 Å². The fraction of sp³-hybridized carbons (Fsp3) is 0.619. The van der Waals surface area contributed by atoms with Gasteiger partial charge in [-0.2, -0.15) is 13.2 Å². The molecule has 0 aromatic heterocycles. The summed E-state index contributed by atoms with van der Waals surface area (Å²) in [5.74, 6) is -0.448. The van der Waals surface area contributed by atoms with E-state index in [2.05, 4.69) is 15.0 Å². The summed E-state index contributed by atoms with van der Waals surface area (Å²) in [5.41, 5.74) is 0.508. The van der Waals surface area contributed by atoms with Gasteiger partial charge in [-0.15, -0.1) is 0 Å². The van der Waals surface area contributed by atoms with Crippen molar-refractivity contribution in [1.29, 1.82) is 0 Å². The summed E-state index contributed by atoms with van der Waals surface area (Å²) in [4.78, 5) is 29.3. The number of alkyl halides is 3. The molecule has 1 fully saturated rings. The van der Waals surface area contributed by atoms with Gasteiger partial charge in [0.05, 0.1) is 0 Å². The van der Waals surface area contributed by atoms with Gasteiger partial charge in [-0.1, -0.05) is 32.0 Å². The number of hydrogen-bond donors (Lipinski definition) is 1. The summed E-state index contributed by atoms with van der Waals surface area (Å²) < 4.78 is 40.8. The lowest BCUT2D eigenvalue weighted by Gasteiger charge is -2.37. The Balaban J connectivity index is 1.77. The van der Waals surface area contributed by atoms with Crippen LogP contribution in [0.4, 0.5) is 13.2 Å². The third-order valence-electron chi connectivity index (χ3n) is 4.97. The van der Waals surface area contributed by atoms with Gasteiger partial charge in [0.15, 0.2) is 0 Å². The first-order valence-electron chi connectivity index (χ1n) is 10.2. The Bertz CT molecular complexity index is 675. The molecule has 1 N–H and O–H groups in total. The number of nitrogens with one attached hydrogen (secondary N) is 1. The fourth-order valence-corrected chi connectivity index (χ4v) is 3.29. The predicted molar refractivity (Wildman–Crippen MR) is 107 cm³/mol. The number of benzene rings is 1.